The van der Waals surface area contributed by atoms with Crippen LogP contribution in [0.2, 0.25) is 0 Å². The van der Waals surface area contributed by atoms with Gasteiger partial charge in [-0.2, -0.15) is 0 Å². The van der Waals surface area contributed by atoms with Gasteiger partial charge in [0.15, 0.2) is 0 Å². The molecule has 0 aliphatic heterocycles. The topological polar surface area (TPSA) is 12.0 Å². The normalized spacial score (nSPS) is 12.6. The van der Waals surface area contributed by atoms with E-state index < -0.39 is 0 Å². The first-order chi connectivity index (χ1) is 9.67. The zero-order valence-electron chi connectivity index (χ0n) is 12.7. The monoisotopic (exact) mass is 343 g/mol. The van der Waals surface area contributed by atoms with Crippen LogP contribution in [-0.4, -0.2) is 12.6 Å². The average Bonchev–Trinajstić information content (AvgIpc) is 2.41. The molecule has 1 aromatic rings. The summed E-state index contributed by atoms with van der Waals surface area (Å²) < 4.78 is 14.7. The lowest BCUT2D eigenvalue weighted by molar-refractivity contribution is 0.453. The first-order valence-electron chi connectivity index (χ1n) is 7.84. The van der Waals surface area contributed by atoms with Crippen LogP contribution in [0.4, 0.5) is 4.39 Å². The van der Waals surface area contributed by atoms with Gasteiger partial charge < -0.3 is 5.32 Å². The lowest BCUT2D eigenvalue weighted by Crippen LogP contribution is -2.31. The third kappa shape index (κ3) is 6.85. The number of hydrogen-bond donors (Lipinski definition) is 1. The van der Waals surface area contributed by atoms with E-state index in [9.17, 15) is 4.39 Å². The van der Waals surface area contributed by atoms with Gasteiger partial charge in [-0.05, 0) is 37.1 Å². The van der Waals surface area contributed by atoms with Crippen LogP contribution < -0.4 is 5.32 Å². The molecule has 1 rings (SSSR count). The highest BCUT2D eigenvalue weighted by molar-refractivity contribution is 9.10. The molecule has 1 nitrogen and oxygen atoms in total. The van der Waals surface area contributed by atoms with Crippen molar-refractivity contribution >= 4 is 15.9 Å². The van der Waals surface area contributed by atoms with Crippen molar-refractivity contribution < 1.29 is 4.39 Å². The van der Waals surface area contributed by atoms with Gasteiger partial charge in [0, 0.05) is 10.5 Å². The average molecular weight is 344 g/mol. The lowest BCUT2D eigenvalue weighted by Gasteiger charge is -2.18. The van der Waals surface area contributed by atoms with Gasteiger partial charge in [0.05, 0.1) is 0 Å². The van der Waals surface area contributed by atoms with Crippen LogP contribution in [0.1, 0.15) is 57.9 Å². The smallest absolute Gasteiger partial charge is 0.127 e. The molecule has 0 saturated carbocycles. The van der Waals surface area contributed by atoms with Gasteiger partial charge in [0.25, 0.3) is 0 Å². The maximum absolute atomic E-state index is 13.9. The summed E-state index contributed by atoms with van der Waals surface area (Å²) in [6.07, 6.45) is 8.36. The molecule has 1 unspecified atom stereocenters. The third-order valence-corrected chi connectivity index (χ3v) is 4.12. The number of likely N-dealkylation sites (N-methyl/N-ethyl adjacent to an activating group) is 1. The molecule has 1 aromatic carbocycles. The van der Waals surface area contributed by atoms with Gasteiger partial charge in [0.1, 0.15) is 5.82 Å². The maximum Gasteiger partial charge on any atom is 0.127 e. The summed E-state index contributed by atoms with van der Waals surface area (Å²) in [5, 5.41) is 3.49. The van der Waals surface area contributed by atoms with Crippen molar-refractivity contribution in [2.75, 3.05) is 6.54 Å². The van der Waals surface area contributed by atoms with Crippen LogP contribution in [0, 0.1) is 5.82 Å². The van der Waals surface area contributed by atoms with E-state index >= 15 is 0 Å². The Labute approximate surface area is 131 Å². The highest BCUT2D eigenvalue weighted by Gasteiger charge is 2.11. The van der Waals surface area contributed by atoms with Crippen molar-refractivity contribution in [1.82, 2.24) is 5.32 Å². The van der Waals surface area contributed by atoms with E-state index in [2.05, 4.69) is 35.1 Å². The predicted octanol–water partition coefficient (Wildman–Crippen LogP) is 5.47. The number of benzene rings is 1. The summed E-state index contributed by atoms with van der Waals surface area (Å²) in [6, 6.07) is 5.75. The molecule has 0 bridgehead atoms. The zero-order valence-corrected chi connectivity index (χ0v) is 14.3. The van der Waals surface area contributed by atoms with E-state index in [0.717, 1.165) is 29.4 Å². The number of nitrogens with one attached hydrogen (secondary N) is 1. The van der Waals surface area contributed by atoms with Crippen molar-refractivity contribution in [2.45, 2.75) is 64.8 Å². The fourth-order valence-corrected chi connectivity index (χ4v) is 2.85. The molecule has 0 aliphatic rings. The minimum Gasteiger partial charge on any atom is -0.314 e. The Morgan fingerprint density at radius 2 is 1.90 bits per heavy atom. The summed E-state index contributed by atoms with van der Waals surface area (Å²) in [7, 11) is 0. The largest absolute Gasteiger partial charge is 0.314 e. The standard InChI is InChI=1S/C17H27BrFN/c1-3-5-6-7-8-9-16(20-4-2)12-14-10-11-15(18)13-17(14)19/h10-11,13,16,20H,3-9,12H2,1-2H3. The number of unbranched alkanes of at least 4 members (excludes halogenated alkanes) is 4. The lowest BCUT2D eigenvalue weighted by atomic mass is 9.99. The van der Waals surface area contributed by atoms with E-state index in [1.807, 2.05) is 12.1 Å². The predicted molar refractivity (Wildman–Crippen MR) is 88.6 cm³/mol. The molecular formula is C17H27BrFN. The zero-order chi connectivity index (χ0) is 14.8. The molecular weight excluding hydrogens is 317 g/mol. The Morgan fingerprint density at radius 3 is 2.55 bits per heavy atom. The van der Waals surface area contributed by atoms with Crippen molar-refractivity contribution in [3.8, 4) is 0 Å². The van der Waals surface area contributed by atoms with Crippen LogP contribution in [0.15, 0.2) is 22.7 Å². The molecule has 20 heavy (non-hydrogen) atoms. The first kappa shape index (κ1) is 17.6. The second-order valence-electron chi connectivity index (χ2n) is 5.40. The summed E-state index contributed by atoms with van der Waals surface area (Å²) in [6.45, 7) is 5.29. The summed E-state index contributed by atoms with van der Waals surface area (Å²) in [5.41, 5.74) is 0.813. The maximum atomic E-state index is 13.9. The van der Waals surface area contributed by atoms with Gasteiger partial charge in [-0.1, -0.05) is 67.9 Å². The molecule has 0 radical (unpaired) electrons. The molecule has 114 valence electrons. The Kier molecular flexibility index (Phi) is 9.12. The summed E-state index contributed by atoms with van der Waals surface area (Å²) >= 11 is 3.30. The first-order valence-corrected chi connectivity index (χ1v) is 8.64. The van der Waals surface area contributed by atoms with Crippen LogP contribution in [0.5, 0.6) is 0 Å². The fraction of sp³-hybridized carbons (Fsp3) is 0.647. The Hall–Kier alpha value is -0.410. The molecule has 0 fully saturated rings. The van der Waals surface area contributed by atoms with E-state index in [1.165, 1.54) is 32.1 Å². The molecule has 0 aliphatic carbocycles. The van der Waals surface area contributed by atoms with Crippen molar-refractivity contribution in [2.24, 2.45) is 0 Å². The number of rotatable bonds is 10. The Bertz CT molecular complexity index is 381. The van der Waals surface area contributed by atoms with E-state index in [1.54, 1.807) is 6.07 Å². The van der Waals surface area contributed by atoms with Crippen LogP contribution in [-0.2, 0) is 6.42 Å². The van der Waals surface area contributed by atoms with Crippen LogP contribution in [0.3, 0.4) is 0 Å². The minimum absolute atomic E-state index is 0.103. The molecule has 0 heterocycles. The SMILES string of the molecule is CCCCCCCC(Cc1ccc(Br)cc1F)NCC. The van der Waals surface area contributed by atoms with Crippen molar-refractivity contribution in [3.05, 3.63) is 34.1 Å². The van der Waals surface area contributed by atoms with Crippen LogP contribution >= 0.6 is 15.9 Å². The van der Waals surface area contributed by atoms with Gasteiger partial charge >= 0.3 is 0 Å². The Balaban J connectivity index is 2.45. The van der Waals surface area contributed by atoms with E-state index in [4.69, 9.17) is 0 Å². The number of halogens is 2. The second-order valence-corrected chi connectivity index (χ2v) is 6.31. The molecule has 0 aromatic heterocycles. The molecule has 0 spiro atoms. The van der Waals surface area contributed by atoms with Crippen LogP contribution in [0.25, 0.3) is 0 Å². The van der Waals surface area contributed by atoms with Gasteiger partial charge in [-0.25, -0.2) is 4.39 Å². The minimum atomic E-state index is -0.103. The van der Waals surface area contributed by atoms with Gasteiger partial charge in [-0.15, -0.1) is 0 Å². The van der Waals surface area contributed by atoms with E-state index in [0.29, 0.717) is 6.04 Å². The van der Waals surface area contributed by atoms with Crippen molar-refractivity contribution in [1.29, 1.82) is 0 Å². The van der Waals surface area contributed by atoms with Gasteiger partial charge in [0.2, 0.25) is 0 Å². The summed E-state index contributed by atoms with van der Waals surface area (Å²) in [5.74, 6) is -0.103. The van der Waals surface area contributed by atoms with Crippen molar-refractivity contribution in [3.63, 3.8) is 0 Å². The summed E-state index contributed by atoms with van der Waals surface area (Å²) in [4.78, 5) is 0. The Morgan fingerprint density at radius 1 is 1.15 bits per heavy atom. The molecule has 1 atom stereocenters. The highest BCUT2D eigenvalue weighted by Crippen LogP contribution is 2.18. The highest BCUT2D eigenvalue weighted by atomic mass is 79.9. The fourth-order valence-electron chi connectivity index (χ4n) is 2.51. The molecule has 0 amide bonds. The van der Waals surface area contributed by atoms with Gasteiger partial charge in [-0.3, -0.25) is 0 Å². The molecule has 1 N–H and O–H groups in total. The third-order valence-electron chi connectivity index (χ3n) is 3.63. The molecule has 3 heteroatoms. The number of hydrogen-bond acceptors (Lipinski definition) is 1. The van der Waals surface area contributed by atoms with E-state index in [-0.39, 0.29) is 5.82 Å². The second kappa shape index (κ2) is 10.3. The molecule has 0 saturated heterocycles. The quantitative estimate of drug-likeness (QED) is 0.555.